The molecule has 0 spiro atoms. The minimum Gasteiger partial charge on any atom is -0.377 e. The molecular formula is C14H20N4O3. The third-order valence-corrected chi connectivity index (χ3v) is 3.76. The number of nitro groups is 1. The largest absolute Gasteiger partial charge is 0.377 e. The van der Waals surface area contributed by atoms with Crippen LogP contribution in [0.2, 0.25) is 0 Å². The van der Waals surface area contributed by atoms with Gasteiger partial charge in [0.05, 0.1) is 4.92 Å². The van der Waals surface area contributed by atoms with Crippen molar-refractivity contribution in [1.82, 2.24) is 10.2 Å². The maximum Gasteiger partial charge on any atom is 0.292 e. The van der Waals surface area contributed by atoms with E-state index in [2.05, 4.69) is 22.6 Å². The summed E-state index contributed by atoms with van der Waals surface area (Å²) >= 11 is 0. The van der Waals surface area contributed by atoms with Gasteiger partial charge in [-0.2, -0.15) is 0 Å². The maximum absolute atomic E-state index is 11.7. The number of nitro benzene ring substituents is 1. The van der Waals surface area contributed by atoms with Gasteiger partial charge in [-0.15, -0.1) is 0 Å². The molecule has 0 atom stereocenters. The zero-order chi connectivity index (χ0) is 15.4. The highest BCUT2D eigenvalue weighted by atomic mass is 16.6. The van der Waals surface area contributed by atoms with E-state index in [4.69, 9.17) is 0 Å². The smallest absolute Gasteiger partial charge is 0.292 e. The number of amides is 1. The molecule has 114 valence electrons. The third kappa shape index (κ3) is 3.69. The first-order chi connectivity index (χ1) is 10.0. The van der Waals surface area contributed by atoms with Crippen LogP contribution in [-0.2, 0) is 0 Å². The molecule has 0 unspecified atom stereocenters. The van der Waals surface area contributed by atoms with Gasteiger partial charge in [0.15, 0.2) is 0 Å². The standard InChI is InChI=1S/C14H20N4O3/c1-15-14(19)10-3-4-13(18(20)21)12(9-10)16-11-5-7-17(2)8-6-11/h3-4,9,11,16H,5-8H2,1-2H3,(H,15,19). The van der Waals surface area contributed by atoms with Crippen LogP contribution < -0.4 is 10.6 Å². The SMILES string of the molecule is CNC(=O)c1ccc([N+](=O)[O-])c(NC2CCN(C)CC2)c1. The van der Waals surface area contributed by atoms with E-state index >= 15 is 0 Å². The maximum atomic E-state index is 11.7. The van der Waals surface area contributed by atoms with Crippen LogP contribution in [0, 0.1) is 10.1 Å². The molecule has 2 rings (SSSR count). The van der Waals surface area contributed by atoms with Crippen molar-refractivity contribution < 1.29 is 9.72 Å². The van der Waals surface area contributed by atoms with Gasteiger partial charge in [0, 0.05) is 24.7 Å². The van der Waals surface area contributed by atoms with Gasteiger partial charge < -0.3 is 15.5 Å². The molecule has 7 heteroatoms. The molecule has 1 aromatic rings. The molecule has 21 heavy (non-hydrogen) atoms. The lowest BCUT2D eigenvalue weighted by Crippen LogP contribution is -2.36. The number of likely N-dealkylation sites (tertiary alicyclic amines) is 1. The molecule has 1 aromatic carbocycles. The zero-order valence-corrected chi connectivity index (χ0v) is 12.3. The Labute approximate surface area is 123 Å². The van der Waals surface area contributed by atoms with Crippen LogP contribution in [0.3, 0.4) is 0 Å². The number of nitrogens with zero attached hydrogens (tertiary/aromatic N) is 2. The topological polar surface area (TPSA) is 87.5 Å². The Kier molecular flexibility index (Phi) is 4.74. The molecule has 1 saturated heterocycles. The van der Waals surface area contributed by atoms with Gasteiger partial charge in [0.1, 0.15) is 5.69 Å². The van der Waals surface area contributed by atoms with Crippen LogP contribution in [0.4, 0.5) is 11.4 Å². The number of hydrogen-bond donors (Lipinski definition) is 2. The molecule has 1 aliphatic rings. The van der Waals surface area contributed by atoms with E-state index in [0.717, 1.165) is 25.9 Å². The quantitative estimate of drug-likeness (QED) is 0.648. The van der Waals surface area contributed by atoms with Crippen LogP contribution in [0.15, 0.2) is 18.2 Å². The van der Waals surface area contributed by atoms with Crippen LogP contribution >= 0.6 is 0 Å². The van der Waals surface area contributed by atoms with Gasteiger partial charge in [-0.25, -0.2) is 0 Å². The van der Waals surface area contributed by atoms with E-state index in [0.29, 0.717) is 11.3 Å². The van der Waals surface area contributed by atoms with E-state index in [1.807, 2.05) is 0 Å². The summed E-state index contributed by atoms with van der Waals surface area (Å²) in [7, 11) is 3.60. The summed E-state index contributed by atoms with van der Waals surface area (Å²) in [5.74, 6) is -0.253. The van der Waals surface area contributed by atoms with Crippen LogP contribution in [0.5, 0.6) is 0 Å². The second-order valence-corrected chi connectivity index (χ2v) is 5.29. The van der Waals surface area contributed by atoms with Gasteiger partial charge in [-0.1, -0.05) is 0 Å². The summed E-state index contributed by atoms with van der Waals surface area (Å²) in [5.41, 5.74) is 0.829. The second kappa shape index (κ2) is 6.53. The number of hydrogen-bond acceptors (Lipinski definition) is 5. The highest BCUT2D eigenvalue weighted by Gasteiger charge is 2.21. The van der Waals surface area contributed by atoms with Crippen LogP contribution in [-0.4, -0.2) is 49.0 Å². The predicted molar refractivity (Wildman–Crippen MR) is 80.6 cm³/mol. The fourth-order valence-electron chi connectivity index (χ4n) is 2.47. The average Bonchev–Trinajstić information content (AvgIpc) is 2.48. The molecule has 0 bridgehead atoms. The van der Waals surface area contributed by atoms with Crippen molar-refractivity contribution in [3.8, 4) is 0 Å². The summed E-state index contributed by atoms with van der Waals surface area (Å²) in [6, 6.07) is 4.59. The second-order valence-electron chi connectivity index (χ2n) is 5.29. The molecule has 0 saturated carbocycles. The van der Waals surface area contributed by atoms with E-state index in [1.165, 1.54) is 19.2 Å². The summed E-state index contributed by atoms with van der Waals surface area (Å²) in [5, 5.41) is 16.9. The lowest BCUT2D eigenvalue weighted by atomic mass is 10.0. The van der Waals surface area contributed by atoms with Crippen molar-refractivity contribution in [3.05, 3.63) is 33.9 Å². The van der Waals surface area contributed by atoms with Crippen molar-refractivity contribution in [3.63, 3.8) is 0 Å². The van der Waals surface area contributed by atoms with Gasteiger partial charge in [0.25, 0.3) is 11.6 Å². The van der Waals surface area contributed by atoms with Gasteiger partial charge in [-0.05, 0) is 45.1 Å². The van der Waals surface area contributed by atoms with E-state index in [-0.39, 0.29) is 17.6 Å². The van der Waals surface area contributed by atoms with Crippen LogP contribution in [0.1, 0.15) is 23.2 Å². The Bertz CT molecular complexity index is 539. The number of rotatable bonds is 4. The van der Waals surface area contributed by atoms with E-state index < -0.39 is 4.92 Å². The third-order valence-electron chi connectivity index (χ3n) is 3.76. The van der Waals surface area contributed by atoms with Crippen LogP contribution in [0.25, 0.3) is 0 Å². The number of carbonyl (C=O) groups is 1. The van der Waals surface area contributed by atoms with E-state index in [1.54, 1.807) is 6.07 Å². The molecule has 2 N–H and O–H groups in total. The first-order valence-corrected chi connectivity index (χ1v) is 6.97. The Hall–Kier alpha value is -2.15. The first kappa shape index (κ1) is 15.2. The molecule has 0 aromatic heterocycles. The Morgan fingerprint density at radius 3 is 2.62 bits per heavy atom. The Morgan fingerprint density at radius 1 is 1.38 bits per heavy atom. The number of piperidine rings is 1. The molecule has 1 aliphatic heterocycles. The number of carbonyl (C=O) groups excluding carboxylic acids is 1. The molecule has 0 radical (unpaired) electrons. The highest BCUT2D eigenvalue weighted by molar-refractivity contribution is 5.95. The van der Waals surface area contributed by atoms with Gasteiger partial charge in [0.2, 0.25) is 0 Å². The summed E-state index contributed by atoms with van der Waals surface area (Å²) in [6.45, 7) is 1.92. The predicted octanol–water partition coefficient (Wildman–Crippen LogP) is 1.46. The number of anilines is 1. The van der Waals surface area contributed by atoms with Gasteiger partial charge >= 0.3 is 0 Å². The van der Waals surface area contributed by atoms with Crippen molar-refractivity contribution >= 4 is 17.3 Å². The zero-order valence-electron chi connectivity index (χ0n) is 12.3. The fraction of sp³-hybridized carbons (Fsp3) is 0.500. The van der Waals surface area contributed by atoms with Gasteiger partial charge in [-0.3, -0.25) is 14.9 Å². The summed E-state index contributed by atoms with van der Waals surface area (Å²) < 4.78 is 0. The molecule has 0 aliphatic carbocycles. The number of benzene rings is 1. The average molecular weight is 292 g/mol. The van der Waals surface area contributed by atoms with Crippen molar-refractivity contribution in [2.45, 2.75) is 18.9 Å². The highest BCUT2D eigenvalue weighted by Crippen LogP contribution is 2.27. The first-order valence-electron chi connectivity index (χ1n) is 6.97. The molecular weight excluding hydrogens is 272 g/mol. The normalized spacial score (nSPS) is 16.5. The lowest BCUT2D eigenvalue weighted by Gasteiger charge is -2.30. The molecule has 1 amide bonds. The van der Waals surface area contributed by atoms with E-state index in [9.17, 15) is 14.9 Å². The molecule has 1 heterocycles. The number of nitrogens with one attached hydrogen (secondary N) is 2. The Morgan fingerprint density at radius 2 is 2.05 bits per heavy atom. The fourth-order valence-corrected chi connectivity index (χ4v) is 2.47. The molecule has 7 nitrogen and oxygen atoms in total. The van der Waals surface area contributed by atoms with Crippen molar-refractivity contribution in [2.24, 2.45) is 0 Å². The van der Waals surface area contributed by atoms with Crippen molar-refractivity contribution in [1.29, 1.82) is 0 Å². The van der Waals surface area contributed by atoms with Crippen molar-refractivity contribution in [2.75, 3.05) is 32.5 Å². The summed E-state index contributed by atoms with van der Waals surface area (Å²) in [6.07, 6.45) is 1.86. The minimum atomic E-state index is -0.426. The lowest BCUT2D eigenvalue weighted by molar-refractivity contribution is -0.384. The monoisotopic (exact) mass is 292 g/mol. The Balaban J connectivity index is 2.22. The minimum absolute atomic E-state index is 0.00146. The molecule has 1 fully saturated rings. The summed E-state index contributed by atoms with van der Waals surface area (Å²) in [4.78, 5) is 24.6.